The summed E-state index contributed by atoms with van der Waals surface area (Å²) in [5.74, 6) is 0.139. The minimum absolute atomic E-state index is 0.0551. The van der Waals surface area contributed by atoms with Gasteiger partial charge < -0.3 is 14.4 Å². The first-order valence-corrected chi connectivity index (χ1v) is 12.3. The van der Waals surface area contributed by atoms with Crippen molar-refractivity contribution in [2.24, 2.45) is 0 Å². The van der Waals surface area contributed by atoms with Gasteiger partial charge in [0, 0.05) is 42.8 Å². The molecule has 0 fully saturated rings. The summed E-state index contributed by atoms with van der Waals surface area (Å²) in [5, 5.41) is 1.28. The van der Waals surface area contributed by atoms with E-state index >= 15 is 0 Å². The van der Waals surface area contributed by atoms with Crippen molar-refractivity contribution in [3.63, 3.8) is 0 Å². The third kappa shape index (κ3) is 5.75. The van der Waals surface area contributed by atoms with Gasteiger partial charge >= 0.3 is 0 Å². The van der Waals surface area contributed by atoms with Gasteiger partial charge in [0.05, 0.1) is 23.9 Å². The maximum absolute atomic E-state index is 12.6. The molecule has 0 radical (unpaired) electrons. The van der Waals surface area contributed by atoms with E-state index in [0.29, 0.717) is 41.2 Å². The van der Waals surface area contributed by atoms with Crippen LogP contribution in [0.25, 0.3) is 0 Å². The Bertz CT molecular complexity index is 964. The molecule has 0 saturated carbocycles. The lowest BCUT2D eigenvalue weighted by atomic mass is 9.85. The zero-order valence-electron chi connectivity index (χ0n) is 17.2. The fourth-order valence-electron chi connectivity index (χ4n) is 3.75. The van der Waals surface area contributed by atoms with E-state index in [2.05, 4.69) is 11.9 Å². The molecule has 0 bridgehead atoms. The Hall–Kier alpha value is -1.15. The number of rotatable bonds is 9. The van der Waals surface area contributed by atoms with Gasteiger partial charge in [-0.25, -0.2) is 8.42 Å². The van der Waals surface area contributed by atoms with Crippen molar-refractivity contribution in [1.29, 1.82) is 0 Å². The highest BCUT2D eigenvalue weighted by Crippen LogP contribution is 2.38. The van der Waals surface area contributed by atoms with Crippen molar-refractivity contribution < 1.29 is 17.9 Å². The van der Waals surface area contributed by atoms with Gasteiger partial charge in [-0.15, -0.1) is 0 Å². The predicted molar refractivity (Wildman–Crippen MR) is 120 cm³/mol. The molecule has 2 aromatic carbocycles. The normalized spacial score (nSPS) is 17.1. The van der Waals surface area contributed by atoms with Crippen molar-refractivity contribution in [1.82, 2.24) is 4.90 Å². The smallest absolute Gasteiger partial charge is 0.178 e. The number of likely N-dealkylation sites (N-methyl/N-ethyl adjacent to an activating group) is 1. The molecule has 8 heteroatoms. The van der Waals surface area contributed by atoms with Gasteiger partial charge in [-0.05, 0) is 54.4 Å². The molecule has 0 saturated heterocycles. The van der Waals surface area contributed by atoms with E-state index in [1.54, 1.807) is 25.3 Å². The predicted octanol–water partition coefficient (Wildman–Crippen LogP) is 4.40. The van der Waals surface area contributed by atoms with Gasteiger partial charge in [0.1, 0.15) is 0 Å². The van der Waals surface area contributed by atoms with Crippen molar-refractivity contribution in [3.05, 3.63) is 63.1 Å². The second kappa shape index (κ2) is 10.4. The summed E-state index contributed by atoms with van der Waals surface area (Å²) in [5.41, 5.74) is 3.22. The highest BCUT2D eigenvalue weighted by Gasteiger charge is 2.27. The summed E-state index contributed by atoms with van der Waals surface area (Å²) in [7, 11) is 0.303. The molecule has 0 aromatic heterocycles. The first kappa shape index (κ1) is 23.5. The SMILES string of the molecule is COCCOCCCS(=O)(=O)c1ccc([C@@H]2CN(C)Cc3c(Cl)cc(Cl)cc32)cc1. The number of hydrogen-bond acceptors (Lipinski definition) is 5. The lowest BCUT2D eigenvalue weighted by molar-refractivity contribution is 0.0712. The van der Waals surface area contributed by atoms with Crippen molar-refractivity contribution in [3.8, 4) is 0 Å². The summed E-state index contributed by atoms with van der Waals surface area (Å²) in [6.45, 7) is 2.95. The minimum atomic E-state index is -3.35. The molecule has 1 atom stereocenters. The average Bonchev–Trinajstić information content (AvgIpc) is 2.71. The molecule has 30 heavy (non-hydrogen) atoms. The topological polar surface area (TPSA) is 55.8 Å². The molecular weight excluding hydrogens is 445 g/mol. The Labute approximate surface area is 188 Å². The summed E-state index contributed by atoms with van der Waals surface area (Å²) < 4.78 is 35.5. The lowest BCUT2D eigenvalue weighted by Gasteiger charge is -2.33. The molecule has 3 rings (SSSR count). The first-order chi connectivity index (χ1) is 14.3. The summed E-state index contributed by atoms with van der Waals surface area (Å²) in [6, 6.07) is 10.9. The molecule has 1 aliphatic rings. The minimum Gasteiger partial charge on any atom is -0.382 e. The molecule has 0 spiro atoms. The van der Waals surface area contributed by atoms with Gasteiger partial charge in [-0.2, -0.15) is 0 Å². The van der Waals surface area contributed by atoms with Crippen LogP contribution in [0, 0.1) is 0 Å². The van der Waals surface area contributed by atoms with Crippen LogP contribution in [0.5, 0.6) is 0 Å². The number of fused-ring (bicyclic) bond motifs is 1. The van der Waals surface area contributed by atoms with Crippen LogP contribution in [-0.2, 0) is 25.9 Å². The maximum atomic E-state index is 12.6. The number of methoxy groups -OCH3 is 1. The van der Waals surface area contributed by atoms with E-state index < -0.39 is 9.84 Å². The number of benzene rings is 2. The summed E-state index contributed by atoms with van der Waals surface area (Å²) >= 11 is 12.7. The largest absolute Gasteiger partial charge is 0.382 e. The van der Waals surface area contributed by atoms with E-state index in [4.69, 9.17) is 32.7 Å². The van der Waals surface area contributed by atoms with E-state index in [0.717, 1.165) is 29.8 Å². The van der Waals surface area contributed by atoms with Crippen LogP contribution in [0.15, 0.2) is 41.3 Å². The number of halogens is 2. The molecule has 1 aliphatic heterocycles. The number of ether oxygens (including phenoxy) is 2. The van der Waals surface area contributed by atoms with Crippen molar-refractivity contribution in [2.45, 2.75) is 23.8 Å². The van der Waals surface area contributed by atoms with E-state index in [1.165, 1.54) is 0 Å². The lowest BCUT2D eigenvalue weighted by Crippen LogP contribution is -2.31. The second-order valence-electron chi connectivity index (χ2n) is 7.55. The van der Waals surface area contributed by atoms with Gasteiger partial charge in [0.25, 0.3) is 0 Å². The quantitative estimate of drug-likeness (QED) is 0.507. The highest BCUT2D eigenvalue weighted by molar-refractivity contribution is 7.91. The second-order valence-corrected chi connectivity index (χ2v) is 10.5. The molecular formula is C22H27Cl2NO4S. The van der Waals surface area contributed by atoms with Gasteiger partial charge in [0.15, 0.2) is 9.84 Å². The number of nitrogens with zero attached hydrogens (tertiary/aromatic N) is 1. The Morgan fingerprint density at radius 1 is 1.10 bits per heavy atom. The first-order valence-electron chi connectivity index (χ1n) is 9.87. The van der Waals surface area contributed by atoms with E-state index in [9.17, 15) is 8.42 Å². The Morgan fingerprint density at radius 3 is 2.53 bits per heavy atom. The molecule has 164 valence electrons. The van der Waals surface area contributed by atoms with Crippen LogP contribution in [0.2, 0.25) is 10.0 Å². The van der Waals surface area contributed by atoms with Crippen LogP contribution >= 0.6 is 23.2 Å². The zero-order valence-corrected chi connectivity index (χ0v) is 19.6. The Kier molecular flexibility index (Phi) is 8.18. The van der Waals surface area contributed by atoms with Gasteiger partial charge in [0.2, 0.25) is 0 Å². The van der Waals surface area contributed by atoms with Crippen molar-refractivity contribution >= 4 is 33.0 Å². The van der Waals surface area contributed by atoms with Gasteiger partial charge in [-0.1, -0.05) is 35.3 Å². The summed E-state index contributed by atoms with van der Waals surface area (Å²) in [4.78, 5) is 2.54. The molecule has 0 aliphatic carbocycles. The molecule has 0 N–H and O–H groups in total. The Balaban J connectivity index is 1.73. The van der Waals surface area contributed by atoms with Crippen LogP contribution < -0.4 is 0 Å². The molecule has 2 aromatic rings. The molecule has 5 nitrogen and oxygen atoms in total. The standard InChI is InChI=1S/C22H27Cl2NO4S/c1-25-14-20(19-12-17(23)13-22(24)21(19)15-25)16-4-6-18(7-5-16)30(26,27)11-3-8-29-10-9-28-2/h4-7,12-13,20H,3,8-11,14-15H2,1-2H3/t20-/m0/s1. The zero-order chi connectivity index (χ0) is 21.7. The van der Waals surface area contributed by atoms with Crippen LogP contribution in [0.4, 0.5) is 0 Å². The average molecular weight is 472 g/mol. The Morgan fingerprint density at radius 2 is 1.83 bits per heavy atom. The molecule has 0 amide bonds. The maximum Gasteiger partial charge on any atom is 0.178 e. The fraction of sp³-hybridized carbons (Fsp3) is 0.455. The van der Waals surface area contributed by atoms with Crippen molar-refractivity contribution in [2.75, 3.05) is 46.3 Å². The monoisotopic (exact) mass is 471 g/mol. The molecule has 1 heterocycles. The number of sulfone groups is 1. The third-order valence-electron chi connectivity index (χ3n) is 5.27. The van der Waals surface area contributed by atoms with Gasteiger partial charge in [-0.3, -0.25) is 0 Å². The third-order valence-corrected chi connectivity index (χ3v) is 7.64. The van der Waals surface area contributed by atoms with E-state index in [1.807, 2.05) is 18.2 Å². The number of hydrogen-bond donors (Lipinski definition) is 0. The molecule has 0 unspecified atom stereocenters. The fourth-order valence-corrected chi connectivity index (χ4v) is 5.60. The van der Waals surface area contributed by atoms with Crippen LogP contribution in [-0.4, -0.2) is 59.6 Å². The highest BCUT2D eigenvalue weighted by atomic mass is 35.5. The summed E-state index contributed by atoms with van der Waals surface area (Å²) in [6.07, 6.45) is 0.450. The van der Waals surface area contributed by atoms with E-state index in [-0.39, 0.29) is 11.7 Å². The van der Waals surface area contributed by atoms with Crippen LogP contribution in [0.1, 0.15) is 29.0 Å². The van der Waals surface area contributed by atoms with Crippen LogP contribution in [0.3, 0.4) is 0 Å².